The smallest absolute Gasteiger partial charge is 0.455 e. The zero-order chi connectivity index (χ0) is 30.0. The van der Waals surface area contributed by atoms with Crippen LogP contribution < -0.4 is 5.73 Å². The number of fused-ring (bicyclic) bond motifs is 1. The van der Waals surface area contributed by atoms with Crippen molar-refractivity contribution >= 4 is 57.8 Å². The van der Waals surface area contributed by atoms with Gasteiger partial charge in [0.05, 0.1) is 19.5 Å². The van der Waals surface area contributed by atoms with Crippen LogP contribution in [0.2, 0.25) is 0 Å². The third kappa shape index (κ3) is 7.94. The lowest BCUT2D eigenvalue weighted by molar-refractivity contribution is -0.0489. The standard InChI is InChI=1S/C16H19N8O13P3S/c17-14-12-15(20-6-19-14)24(7-21-12)11-3-9(35-16(25)13-8(1-2-41-13)4-22-23-18)10(34-11)5-33-39(29,30)37-40(31,32)36-38(26,27)28/h1-2,6-7,9-11H,3-5H2,(H,29,30)(H,31,32)(H2,17,19,20)(H2,26,27,28)/t9?,10-,11-/m1/s1. The SMILES string of the molecule is [N-]=[N+]=NCc1ccsc1C(=O)OC1C[C@H](n2cnc3c(N)ncnc32)O[C@@H]1COP(=O)(O)OP(=O)(O)OP(=O)(O)O. The maximum Gasteiger partial charge on any atom is 0.490 e. The average molecular weight is 656 g/mol. The van der Waals surface area contributed by atoms with Gasteiger partial charge in [-0.15, -0.1) is 11.3 Å². The predicted molar refractivity (Wildman–Crippen MR) is 134 cm³/mol. The Balaban J connectivity index is 1.55. The van der Waals surface area contributed by atoms with E-state index in [0.717, 1.165) is 11.3 Å². The summed E-state index contributed by atoms with van der Waals surface area (Å²) in [4.78, 5) is 64.4. The third-order valence-electron chi connectivity index (χ3n) is 5.19. The molecule has 222 valence electrons. The van der Waals surface area contributed by atoms with E-state index in [0.29, 0.717) is 5.56 Å². The predicted octanol–water partition coefficient (Wildman–Crippen LogP) is 2.14. The summed E-state index contributed by atoms with van der Waals surface area (Å²) >= 11 is 1.01. The largest absolute Gasteiger partial charge is 0.490 e. The van der Waals surface area contributed by atoms with Crippen LogP contribution in [0.4, 0.5) is 5.82 Å². The monoisotopic (exact) mass is 656 g/mol. The van der Waals surface area contributed by atoms with E-state index in [1.807, 2.05) is 0 Å². The van der Waals surface area contributed by atoms with Crippen molar-refractivity contribution in [3.63, 3.8) is 0 Å². The summed E-state index contributed by atoms with van der Waals surface area (Å²) in [7, 11) is -16.9. The van der Waals surface area contributed by atoms with Crippen molar-refractivity contribution in [3.05, 3.63) is 45.0 Å². The van der Waals surface area contributed by atoms with E-state index in [-0.39, 0.29) is 34.8 Å². The second kappa shape index (κ2) is 12.2. The van der Waals surface area contributed by atoms with E-state index in [4.69, 9.17) is 35.0 Å². The van der Waals surface area contributed by atoms with Crippen LogP contribution in [0.15, 0.2) is 29.2 Å². The van der Waals surface area contributed by atoms with Crippen LogP contribution in [0, 0.1) is 0 Å². The van der Waals surface area contributed by atoms with Crippen LogP contribution in [-0.4, -0.2) is 63.9 Å². The number of rotatable bonds is 12. The Kier molecular flexibility index (Phi) is 9.27. The number of thiophene rings is 1. The van der Waals surface area contributed by atoms with Crippen molar-refractivity contribution in [1.82, 2.24) is 19.5 Å². The number of carbonyl (C=O) groups is 1. The molecule has 4 heterocycles. The minimum absolute atomic E-state index is 0.0733. The lowest BCUT2D eigenvalue weighted by Crippen LogP contribution is -2.31. The van der Waals surface area contributed by atoms with Gasteiger partial charge < -0.3 is 34.8 Å². The number of esters is 1. The Labute approximate surface area is 231 Å². The molecule has 4 rings (SSSR count). The summed E-state index contributed by atoms with van der Waals surface area (Å²) in [5.74, 6) is -0.771. The number of phosphoric ester groups is 1. The number of carbonyl (C=O) groups excluding carboxylic acids is 1. The van der Waals surface area contributed by atoms with Gasteiger partial charge in [-0.2, -0.15) is 8.62 Å². The second-order valence-electron chi connectivity index (χ2n) is 7.94. The van der Waals surface area contributed by atoms with Crippen LogP contribution in [0.1, 0.15) is 27.9 Å². The van der Waals surface area contributed by atoms with Gasteiger partial charge in [-0.3, -0.25) is 9.09 Å². The zero-order valence-electron chi connectivity index (χ0n) is 20.1. The molecule has 0 saturated carbocycles. The van der Waals surface area contributed by atoms with Gasteiger partial charge in [0.1, 0.15) is 35.2 Å². The highest BCUT2D eigenvalue weighted by atomic mass is 32.1. The fourth-order valence-electron chi connectivity index (χ4n) is 3.64. The molecule has 1 saturated heterocycles. The average Bonchev–Trinajstić information content (AvgIpc) is 3.58. The van der Waals surface area contributed by atoms with Crippen molar-refractivity contribution in [2.24, 2.45) is 5.11 Å². The second-order valence-corrected chi connectivity index (χ2v) is 13.3. The highest BCUT2D eigenvalue weighted by Crippen LogP contribution is 2.66. The van der Waals surface area contributed by atoms with Crippen LogP contribution >= 0.6 is 34.8 Å². The number of nitrogens with zero attached hydrogens (tertiary/aromatic N) is 7. The summed E-state index contributed by atoms with van der Waals surface area (Å²) in [6, 6.07) is 1.55. The summed E-state index contributed by atoms with van der Waals surface area (Å²) in [5.41, 5.74) is 15.3. The molecule has 3 aromatic rings. The number of hydrogen-bond donors (Lipinski definition) is 5. The van der Waals surface area contributed by atoms with Crippen molar-refractivity contribution < 1.29 is 60.7 Å². The van der Waals surface area contributed by atoms with Crippen molar-refractivity contribution in [2.45, 2.75) is 31.4 Å². The van der Waals surface area contributed by atoms with Gasteiger partial charge in [-0.1, -0.05) is 5.11 Å². The molecule has 3 unspecified atom stereocenters. The molecule has 25 heteroatoms. The number of ether oxygens (including phenoxy) is 2. The molecule has 5 atom stereocenters. The summed E-state index contributed by atoms with van der Waals surface area (Å²) in [5, 5.41) is 4.99. The van der Waals surface area contributed by atoms with Crippen LogP contribution in [0.25, 0.3) is 21.6 Å². The van der Waals surface area contributed by atoms with Crippen molar-refractivity contribution in [1.29, 1.82) is 0 Å². The first kappa shape index (κ1) is 31.1. The normalized spacial score (nSPS) is 22.1. The maximum absolute atomic E-state index is 13.0. The van der Waals surface area contributed by atoms with Gasteiger partial charge >= 0.3 is 29.4 Å². The van der Waals surface area contributed by atoms with Gasteiger partial charge in [0.15, 0.2) is 11.5 Å². The molecule has 3 aromatic heterocycles. The van der Waals surface area contributed by atoms with E-state index >= 15 is 0 Å². The number of anilines is 1. The number of imidazole rings is 1. The first-order valence-electron chi connectivity index (χ1n) is 10.8. The van der Waals surface area contributed by atoms with E-state index in [1.165, 1.54) is 17.2 Å². The number of aromatic nitrogens is 4. The topological polar surface area (TPSA) is 314 Å². The Bertz CT molecular complexity index is 1640. The first-order valence-corrected chi connectivity index (χ1v) is 16.2. The number of azide groups is 1. The minimum Gasteiger partial charge on any atom is -0.455 e. The number of phosphoric acid groups is 3. The fraction of sp³-hybridized carbons (Fsp3) is 0.375. The van der Waals surface area contributed by atoms with Crippen LogP contribution in [-0.2, 0) is 42.9 Å². The van der Waals surface area contributed by atoms with Gasteiger partial charge in [-0.25, -0.2) is 33.4 Å². The molecule has 0 amide bonds. The van der Waals surface area contributed by atoms with Gasteiger partial charge in [0, 0.05) is 11.3 Å². The summed E-state index contributed by atoms with van der Waals surface area (Å²) in [6.45, 7) is -1.02. The maximum atomic E-state index is 13.0. The van der Waals surface area contributed by atoms with E-state index in [1.54, 1.807) is 11.4 Å². The molecular weight excluding hydrogens is 637 g/mol. The molecule has 1 aliphatic heterocycles. The minimum atomic E-state index is -5.77. The quantitative estimate of drug-likeness (QED) is 0.0612. The van der Waals surface area contributed by atoms with Gasteiger partial charge in [-0.05, 0) is 22.5 Å². The molecule has 1 aliphatic rings. The third-order valence-corrected chi connectivity index (χ3v) is 9.93. The van der Waals surface area contributed by atoms with E-state index < -0.39 is 54.5 Å². The number of nitrogens with two attached hydrogens (primary N) is 1. The molecule has 0 bridgehead atoms. The lowest BCUT2D eigenvalue weighted by Gasteiger charge is -2.21. The summed E-state index contributed by atoms with van der Waals surface area (Å²) in [6.07, 6.45) is -1.02. The summed E-state index contributed by atoms with van der Waals surface area (Å²) < 4.78 is 59.7. The van der Waals surface area contributed by atoms with Gasteiger partial charge in [0.2, 0.25) is 0 Å². The van der Waals surface area contributed by atoms with E-state index in [2.05, 4.69) is 33.6 Å². The number of nitrogen functional groups attached to an aromatic ring is 1. The fourth-order valence-corrected chi connectivity index (χ4v) is 7.46. The molecule has 21 nitrogen and oxygen atoms in total. The Hall–Kier alpha value is -2.80. The number of hydrogen-bond acceptors (Lipinski definition) is 15. The first-order chi connectivity index (χ1) is 19.2. The van der Waals surface area contributed by atoms with Crippen LogP contribution in [0.5, 0.6) is 0 Å². The van der Waals surface area contributed by atoms with Gasteiger partial charge in [0.25, 0.3) is 0 Å². The molecule has 0 spiro atoms. The molecule has 1 fully saturated rings. The Morgan fingerprint density at radius 2 is 1.98 bits per heavy atom. The zero-order valence-corrected chi connectivity index (χ0v) is 23.6. The van der Waals surface area contributed by atoms with Crippen molar-refractivity contribution in [2.75, 3.05) is 12.3 Å². The lowest BCUT2D eigenvalue weighted by atomic mass is 10.2. The molecule has 6 N–H and O–H groups in total. The van der Waals surface area contributed by atoms with Crippen LogP contribution in [0.3, 0.4) is 0 Å². The van der Waals surface area contributed by atoms with Crippen molar-refractivity contribution in [3.8, 4) is 0 Å². The molecule has 0 aliphatic carbocycles. The molecule has 0 radical (unpaired) electrons. The Morgan fingerprint density at radius 1 is 1.22 bits per heavy atom. The highest BCUT2D eigenvalue weighted by Gasteiger charge is 2.44. The molecule has 0 aromatic carbocycles. The molecule has 41 heavy (non-hydrogen) atoms. The molecular formula is C16H19N8O13P3S. The van der Waals surface area contributed by atoms with E-state index in [9.17, 15) is 28.3 Å². The highest BCUT2D eigenvalue weighted by molar-refractivity contribution is 7.66. The Morgan fingerprint density at radius 3 is 2.68 bits per heavy atom.